The number of anilines is 1. The van der Waals surface area contributed by atoms with E-state index in [0.717, 1.165) is 34.6 Å². The van der Waals surface area contributed by atoms with Gasteiger partial charge in [-0.15, -0.1) is 0 Å². The average Bonchev–Trinajstić information content (AvgIpc) is 3.13. The van der Waals surface area contributed by atoms with Gasteiger partial charge in [0.05, 0.1) is 0 Å². The molecule has 20 heavy (non-hydrogen) atoms. The van der Waals surface area contributed by atoms with Crippen molar-refractivity contribution >= 4 is 28.4 Å². The van der Waals surface area contributed by atoms with Crippen LogP contribution in [0.2, 0.25) is 0 Å². The van der Waals surface area contributed by atoms with Crippen molar-refractivity contribution in [2.45, 2.75) is 18.1 Å². The van der Waals surface area contributed by atoms with Crippen LogP contribution in [0.3, 0.4) is 0 Å². The Hall–Kier alpha value is -1.62. The van der Waals surface area contributed by atoms with Crippen LogP contribution in [0.15, 0.2) is 24.4 Å². The Morgan fingerprint density at radius 1 is 1.30 bits per heavy atom. The van der Waals surface area contributed by atoms with Crippen LogP contribution in [0.4, 0.5) is 5.82 Å². The van der Waals surface area contributed by atoms with E-state index in [-0.39, 0.29) is 0 Å². The summed E-state index contributed by atoms with van der Waals surface area (Å²) in [4.78, 5) is 4.48. The molecule has 4 nitrogen and oxygen atoms in total. The lowest BCUT2D eigenvalue weighted by Gasteiger charge is -2.12. The Kier molecular flexibility index (Phi) is 3.07. The van der Waals surface area contributed by atoms with Crippen LogP contribution in [0, 0.1) is 0 Å². The summed E-state index contributed by atoms with van der Waals surface area (Å²) in [5.74, 6) is 3.85. The van der Waals surface area contributed by atoms with Gasteiger partial charge in [-0.05, 0) is 42.2 Å². The van der Waals surface area contributed by atoms with E-state index in [0.29, 0.717) is 12.0 Å². The van der Waals surface area contributed by atoms with Crippen LogP contribution in [-0.2, 0) is 0 Å². The highest BCUT2D eigenvalue weighted by Gasteiger charge is 2.18. The number of hydrogen-bond donors (Lipinski definition) is 1. The number of ether oxygens (including phenoxy) is 2. The second-order valence-electron chi connectivity index (χ2n) is 5.10. The quantitative estimate of drug-likeness (QED) is 0.939. The van der Waals surface area contributed by atoms with Crippen LogP contribution in [0.5, 0.6) is 11.5 Å². The predicted octanol–water partition coefficient (Wildman–Crippen LogP) is 3.27. The Bertz CT molecular complexity index is 641. The fourth-order valence-electron chi connectivity index (χ4n) is 2.72. The van der Waals surface area contributed by atoms with Crippen molar-refractivity contribution in [3.8, 4) is 11.5 Å². The molecule has 0 amide bonds. The molecule has 2 aliphatic heterocycles. The number of nitrogens with one attached hydrogen (secondary N) is 1. The summed E-state index contributed by atoms with van der Waals surface area (Å²) in [7, 11) is 0. The predicted molar refractivity (Wildman–Crippen MR) is 81.8 cm³/mol. The topological polar surface area (TPSA) is 43.4 Å². The fourth-order valence-corrected chi connectivity index (χ4v) is 3.92. The van der Waals surface area contributed by atoms with Crippen molar-refractivity contribution in [2.75, 3.05) is 24.4 Å². The first-order chi connectivity index (χ1) is 9.90. The van der Waals surface area contributed by atoms with E-state index in [1.807, 2.05) is 24.4 Å². The van der Waals surface area contributed by atoms with Gasteiger partial charge in [0.25, 0.3) is 0 Å². The molecule has 0 radical (unpaired) electrons. The summed E-state index contributed by atoms with van der Waals surface area (Å²) in [5.41, 5.74) is 0. The van der Waals surface area contributed by atoms with Crippen molar-refractivity contribution in [3.05, 3.63) is 24.4 Å². The molecule has 2 aromatic rings. The minimum absolute atomic E-state index is 0.306. The van der Waals surface area contributed by atoms with E-state index in [4.69, 9.17) is 9.47 Å². The van der Waals surface area contributed by atoms with E-state index in [9.17, 15) is 0 Å². The third kappa shape index (κ3) is 2.16. The van der Waals surface area contributed by atoms with Gasteiger partial charge in [0.2, 0.25) is 6.79 Å². The minimum atomic E-state index is 0.306. The zero-order valence-electron chi connectivity index (χ0n) is 11.1. The molecular formula is C15H16N2O2S. The molecule has 4 rings (SSSR count). The normalized spacial score (nSPS) is 20.5. The molecule has 1 atom stereocenters. The van der Waals surface area contributed by atoms with Gasteiger partial charge in [-0.3, -0.25) is 0 Å². The summed E-state index contributed by atoms with van der Waals surface area (Å²) in [6.45, 7) is 1.28. The average molecular weight is 288 g/mol. The van der Waals surface area contributed by atoms with Gasteiger partial charge in [0.15, 0.2) is 11.5 Å². The molecule has 1 aromatic heterocycles. The third-order valence-corrected chi connectivity index (χ3v) is 5.18. The van der Waals surface area contributed by atoms with Crippen LogP contribution in [0.1, 0.15) is 12.8 Å². The summed E-state index contributed by atoms with van der Waals surface area (Å²) >= 11 is 2.05. The smallest absolute Gasteiger partial charge is 0.231 e. The van der Waals surface area contributed by atoms with Gasteiger partial charge < -0.3 is 14.8 Å². The SMILES string of the molecule is c1cc2cc3c(cc2c(NCC2CCCS2)n1)OCO3. The maximum Gasteiger partial charge on any atom is 0.231 e. The molecule has 1 aromatic carbocycles. The molecule has 1 fully saturated rings. The van der Waals surface area contributed by atoms with Gasteiger partial charge in [0.1, 0.15) is 5.82 Å². The molecule has 1 N–H and O–H groups in total. The molecule has 0 saturated carbocycles. The summed E-state index contributed by atoms with van der Waals surface area (Å²) in [6, 6.07) is 6.05. The van der Waals surface area contributed by atoms with Crippen molar-refractivity contribution in [1.29, 1.82) is 0 Å². The molecular weight excluding hydrogens is 272 g/mol. The number of hydrogen-bond acceptors (Lipinski definition) is 5. The van der Waals surface area contributed by atoms with Gasteiger partial charge in [-0.25, -0.2) is 4.98 Å². The number of pyridine rings is 1. The molecule has 1 unspecified atom stereocenters. The first-order valence-corrected chi connectivity index (χ1v) is 7.99. The highest BCUT2D eigenvalue weighted by molar-refractivity contribution is 8.00. The van der Waals surface area contributed by atoms with E-state index >= 15 is 0 Å². The van der Waals surface area contributed by atoms with Crippen molar-refractivity contribution in [3.63, 3.8) is 0 Å². The fraction of sp³-hybridized carbons (Fsp3) is 0.400. The Balaban J connectivity index is 1.64. The monoisotopic (exact) mass is 288 g/mol. The molecule has 1 saturated heterocycles. The van der Waals surface area contributed by atoms with Gasteiger partial charge >= 0.3 is 0 Å². The van der Waals surface area contributed by atoms with Crippen LogP contribution >= 0.6 is 11.8 Å². The maximum atomic E-state index is 5.46. The third-order valence-electron chi connectivity index (χ3n) is 3.78. The number of thioether (sulfide) groups is 1. The van der Waals surface area contributed by atoms with E-state index in [1.54, 1.807) is 0 Å². The molecule has 0 spiro atoms. The number of rotatable bonds is 3. The van der Waals surface area contributed by atoms with E-state index < -0.39 is 0 Å². The lowest BCUT2D eigenvalue weighted by molar-refractivity contribution is 0.174. The number of fused-ring (bicyclic) bond motifs is 2. The molecule has 3 heterocycles. The highest BCUT2D eigenvalue weighted by atomic mass is 32.2. The summed E-state index contributed by atoms with van der Waals surface area (Å²) < 4.78 is 10.9. The zero-order chi connectivity index (χ0) is 13.4. The standard InChI is InChI=1S/C15H16N2O2S/c1-2-11(20-5-1)8-17-15-12-7-14-13(18-9-19-14)6-10(12)3-4-16-15/h3-4,6-7,11H,1-2,5,8-9H2,(H,16,17). The molecule has 5 heteroatoms. The van der Waals surface area contributed by atoms with E-state index in [2.05, 4.69) is 22.1 Å². The minimum Gasteiger partial charge on any atom is -0.454 e. The molecule has 0 bridgehead atoms. The van der Waals surface area contributed by atoms with Crippen molar-refractivity contribution in [1.82, 2.24) is 4.98 Å². The van der Waals surface area contributed by atoms with Crippen molar-refractivity contribution < 1.29 is 9.47 Å². The molecule has 104 valence electrons. The van der Waals surface area contributed by atoms with Gasteiger partial charge in [-0.2, -0.15) is 11.8 Å². The largest absolute Gasteiger partial charge is 0.454 e. The van der Waals surface area contributed by atoms with E-state index in [1.165, 1.54) is 18.6 Å². The van der Waals surface area contributed by atoms with Gasteiger partial charge in [-0.1, -0.05) is 0 Å². The second-order valence-corrected chi connectivity index (χ2v) is 6.51. The molecule has 0 aliphatic carbocycles. The zero-order valence-corrected chi connectivity index (χ0v) is 11.9. The molecule has 2 aliphatic rings. The number of benzene rings is 1. The Labute approximate surface area is 121 Å². The summed E-state index contributed by atoms with van der Waals surface area (Å²) in [5, 5.41) is 6.43. The first-order valence-electron chi connectivity index (χ1n) is 6.94. The highest BCUT2D eigenvalue weighted by Crippen LogP contribution is 2.38. The lowest BCUT2D eigenvalue weighted by atomic mass is 10.1. The number of nitrogens with zero attached hydrogens (tertiary/aromatic N) is 1. The summed E-state index contributed by atoms with van der Waals surface area (Å²) in [6.07, 6.45) is 4.47. The lowest BCUT2D eigenvalue weighted by Crippen LogP contribution is -2.14. The van der Waals surface area contributed by atoms with Gasteiger partial charge in [0, 0.05) is 23.4 Å². The number of aromatic nitrogens is 1. The Morgan fingerprint density at radius 2 is 2.20 bits per heavy atom. The van der Waals surface area contributed by atoms with Crippen LogP contribution < -0.4 is 14.8 Å². The van der Waals surface area contributed by atoms with Crippen LogP contribution in [-0.4, -0.2) is 29.3 Å². The maximum absolute atomic E-state index is 5.46. The first kappa shape index (κ1) is 12.1. The van der Waals surface area contributed by atoms with Crippen molar-refractivity contribution in [2.24, 2.45) is 0 Å². The Morgan fingerprint density at radius 3 is 3.05 bits per heavy atom. The van der Waals surface area contributed by atoms with Crippen LogP contribution in [0.25, 0.3) is 10.8 Å². The second kappa shape index (κ2) is 5.05.